The van der Waals surface area contributed by atoms with E-state index in [-0.39, 0.29) is 22.1 Å². The highest BCUT2D eigenvalue weighted by atomic mass is 127. The van der Waals surface area contributed by atoms with Crippen LogP contribution in [0.3, 0.4) is 0 Å². The van der Waals surface area contributed by atoms with E-state index in [1.165, 1.54) is 12.7 Å². The van der Waals surface area contributed by atoms with Crippen LogP contribution in [0.4, 0.5) is 0 Å². The number of nitrogens with zero attached hydrogens (tertiary/aromatic N) is 1. The molecule has 0 saturated carbocycles. The zero-order valence-corrected chi connectivity index (χ0v) is 24.1. The van der Waals surface area contributed by atoms with E-state index >= 15 is 0 Å². The van der Waals surface area contributed by atoms with E-state index < -0.39 is 11.3 Å². The van der Waals surface area contributed by atoms with Gasteiger partial charge in [0.25, 0.3) is 0 Å². The number of ketones is 1. The van der Waals surface area contributed by atoms with Crippen LogP contribution < -0.4 is 5.73 Å². The zero-order chi connectivity index (χ0) is 26.2. The second kappa shape index (κ2) is 13.4. The van der Waals surface area contributed by atoms with Gasteiger partial charge in [-0.3, -0.25) is 14.6 Å². The summed E-state index contributed by atoms with van der Waals surface area (Å²) in [6, 6.07) is 15.3. The second-order valence-corrected chi connectivity index (χ2v) is 11.9. The Morgan fingerprint density at radius 1 is 1.11 bits per heavy atom. The quantitative estimate of drug-likeness (QED) is 0.0954. The van der Waals surface area contributed by atoms with Crippen LogP contribution in [0.5, 0.6) is 0 Å². The predicted molar refractivity (Wildman–Crippen MR) is 153 cm³/mol. The molecule has 7 heteroatoms. The van der Waals surface area contributed by atoms with E-state index in [1.54, 1.807) is 12.1 Å². The Bertz CT molecular complexity index is 1030. The number of halogens is 2. The fraction of sp³-hybridized carbons (Fsp3) is 0.464. The number of hydrogen-bond acceptors (Lipinski definition) is 4. The maximum absolute atomic E-state index is 13.1. The molecule has 2 unspecified atom stereocenters. The average molecular weight is 611 g/mol. The Kier molecular flexibility index (Phi) is 11.2. The molecule has 0 spiro atoms. The average Bonchev–Trinajstić information content (AvgIpc) is 2.82. The summed E-state index contributed by atoms with van der Waals surface area (Å²) < 4.78 is 5.12. The predicted octanol–water partition coefficient (Wildman–Crippen LogP) is 6.69. The van der Waals surface area contributed by atoms with Crippen molar-refractivity contribution in [2.75, 3.05) is 13.7 Å². The summed E-state index contributed by atoms with van der Waals surface area (Å²) in [5.41, 5.74) is 8.50. The first-order chi connectivity index (χ1) is 16.5. The Balaban J connectivity index is 1.98. The number of nitrogens with two attached hydrogens (primary N) is 1. The first-order valence-electron chi connectivity index (χ1n) is 11.9. The molecule has 2 rings (SSSR count). The number of esters is 1. The number of ether oxygens (including phenoxy) is 1. The highest BCUT2D eigenvalue weighted by molar-refractivity contribution is 14.1. The molecule has 0 aliphatic carbocycles. The van der Waals surface area contributed by atoms with Gasteiger partial charge in [0, 0.05) is 26.3 Å². The van der Waals surface area contributed by atoms with Gasteiger partial charge in [0.15, 0.2) is 0 Å². The van der Waals surface area contributed by atoms with E-state index in [4.69, 9.17) is 22.1 Å². The second-order valence-electron chi connectivity index (χ2n) is 9.75. The first-order valence-corrected chi connectivity index (χ1v) is 13.5. The molecule has 0 amide bonds. The van der Waals surface area contributed by atoms with Crippen molar-refractivity contribution in [2.24, 2.45) is 16.1 Å². The molecule has 0 bridgehead atoms. The van der Waals surface area contributed by atoms with Crippen LogP contribution in [0.1, 0.15) is 75.5 Å². The molecule has 0 aromatic heterocycles. The number of hydrogen-bond donors (Lipinski definition) is 1. The van der Waals surface area contributed by atoms with E-state index in [0.29, 0.717) is 41.7 Å². The minimum atomic E-state index is -0.574. The smallest absolute Gasteiger partial charge is 0.313 e. The van der Waals surface area contributed by atoms with E-state index in [2.05, 4.69) is 53.6 Å². The maximum atomic E-state index is 13.1. The topological polar surface area (TPSA) is 81.8 Å². The van der Waals surface area contributed by atoms with Crippen molar-refractivity contribution in [1.82, 2.24) is 0 Å². The van der Waals surface area contributed by atoms with Gasteiger partial charge in [0.1, 0.15) is 11.6 Å². The van der Waals surface area contributed by atoms with Crippen molar-refractivity contribution in [1.29, 1.82) is 0 Å². The van der Waals surface area contributed by atoms with Crippen LogP contribution in [-0.2, 0) is 14.3 Å². The summed E-state index contributed by atoms with van der Waals surface area (Å²) in [6.45, 7) is 8.73. The summed E-state index contributed by atoms with van der Waals surface area (Å²) in [6.07, 6.45) is 1.27. The van der Waals surface area contributed by atoms with Crippen LogP contribution in [0.2, 0.25) is 5.02 Å². The molecule has 0 aliphatic rings. The number of carbonyl (C=O) groups is 2. The SMILES string of the molecule is COC(=O)C(CCC(=O)C(C)(C)CC(I)CN=C(N)c1ccc(C(C)C)cc1)c1ccccc1Cl. The molecule has 2 N–H and O–H groups in total. The molecular formula is C28H36ClIN2O3. The van der Waals surface area contributed by atoms with Gasteiger partial charge >= 0.3 is 5.97 Å². The fourth-order valence-electron chi connectivity index (χ4n) is 3.97. The molecule has 190 valence electrons. The number of benzene rings is 2. The molecule has 0 fully saturated rings. The van der Waals surface area contributed by atoms with E-state index in [1.807, 2.05) is 38.1 Å². The molecular weight excluding hydrogens is 575 g/mol. The van der Waals surface area contributed by atoms with Crippen LogP contribution >= 0.6 is 34.2 Å². The maximum Gasteiger partial charge on any atom is 0.313 e. The Morgan fingerprint density at radius 2 is 1.74 bits per heavy atom. The third kappa shape index (κ3) is 8.60. The van der Waals surface area contributed by atoms with Gasteiger partial charge in [-0.05, 0) is 36.0 Å². The van der Waals surface area contributed by atoms with Crippen LogP contribution in [-0.4, -0.2) is 35.2 Å². The highest BCUT2D eigenvalue weighted by Crippen LogP contribution is 2.33. The number of Topliss-reactive ketones (excluding diaryl/α,β-unsaturated/α-hetero) is 1. The monoisotopic (exact) mass is 610 g/mol. The van der Waals surface area contributed by atoms with Crippen molar-refractivity contribution >= 4 is 51.8 Å². The largest absolute Gasteiger partial charge is 0.469 e. The van der Waals surface area contributed by atoms with Crippen LogP contribution in [0.15, 0.2) is 53.5 Å². The van der Waals surface area contributed by atoms with Gasteiger partial charge in [-0.1, -0.05) is 104 Å². The standard InChI is InChI=1S/C28H36ClIN2O3/c1-18(2)19-10-12-20(13-11-19)26(31)32-17-21(30)16-28(3,4)25(33)15-14-23(27(34)35-5)22-8-6-7-9-24(22)29/h6-13,18,21,23H,14-17H2,1-5H3,(H2,31,32). The van der Waals surface area contributed by atoms with Gasteiger partial charge in [-0.25, -0.2) is 0 Å². The minimum absolute atomic E-state index is 0.0985. The first kappa shape index (κ1) is 29.3. The van der Waals surface area contributed by atoms with Crippen molar-refractivity contribution in [2.45, 2.75) is 62.7 Å². The van der Waals surface area contributed by atoms with Crippen LogP contribution in [0, 0.1) is 5.41 Å². The van der Waals surface area contributed by atoms with Gasteiger partial charge in [-0.2, -0.15) is 0 Å². The normalized spacial score (nSPS) is 14.0. The molecule has 5 nitrogen and oxygen atoms in total. The number of alkyl halides is 1. The molecule has 0 saturated heterocycles. The number of methoxy groups -OCH3 is 1. The third-order valence-electron chi connectivity index (χ3n) is 6.25. The number of rotatable bonds is 12. The summed E-state index contributed by atoms with van der Waals surface area (Å²) in [4.78, 5) is 30.1. The Labute approximate surface area is 228 Å². The van der Waals surface area contributed by atoms with Crippen molar-refractivity contribution in [3.63, 3.8) is 0 Å². The van der Waals surface area contributed by atoms with Crippen molar-refractivity contribution in [3.05, 3.63) is 70.2 Å². The van der Waals surface area contributed by atoms with Gasteiger partial charge in [0.2, 0.25) is 0 Å². The lowest BCUT2D eigenvalue weighted by Gasteiger charge is -2.26. The summed E-state index contributed by atoms with van der Waals surface area (Å²) in [5.74, 6) is 0.110. The molecule has 2 aromatic rings. The minimum Gasteiger partial charge on any atom is -0.469 e. The van der Waals surface area contributed by atoms with Crippen molar-refractivity contribution < 1.29 is 14.3 Å². The van der Waals surface area contributed by atoms with Crippen LogP contribution in [0.25, 0.3) is 0 Å². The Hall–Kier alpha value is -1.93. The molecule has 0 heterocycles. The molecule has 35 heavy (non-hydrogen) atoms. The van der Waals surface area contributed by atoms with Gasteiger partial charge in [-0.15, -0.1) is 0 Å². The molecule has 2 aromatic carbocycles. The fourth-order valence-corrected chi connectivity index (χ4v) is 5.54. The molecule has 0 radical (unpaired) electrons. The van der Waals surface area contributed by atoms with Gasteiger partial charge in [0.05, 0.1) is 19.6 Å². The summed E-state index contributed by atoms with van der Waals surface area (Å²) in [7, 11) is 1.35. The molecule has 2 atom stereocenters. The lowest BCUT2D eigenvalue weighted by atomic mass is 9.80. The zero-order valence-electron chi connectivity index (χ0n) is 21.2. The lowest BCUT2D eigenvalue weighted by Crippen LogP contribution is -2.29. The molecule has 0 aliphatic heterocycles. The Morgan fingerprint density at radius 3 is 2.31 bits per heavy atom. The summed E-state index contributed by atoms with van der Waals surface area (Å²) >= 11 is 8.64. The van der Waals surface area contributed by atoms with Gasteiger partial charge < -0.3 is 10.5 Å². The number of amidine groups is 1. The highest BCUT2D eigenvalue weighted by Gasteiger charge is 2.32. The van der Waals surface area contributed by atoms with Crippen molar-refractivity contribution in [3.8, 4) is 0 Å². The lowest BCUT2D eigenvalue weighted by molar-refractivity contribution is -0.142. The van der Waals surface area contributed by atoms with E-state index in [0.717, 1.165) is 5.56 Å². The third-order valence-corrected chi connectivity index (χ3v) is 7.42. The van der Waals surface area contributed by atoms with E-state index in [9.17, 15) is 9.59 Å². The summed E-state index contributed by atoms with van der Waals surface area (Å²) in [5, 5.41) is 0.497. The number of carbonyl (C=O) groups excluding carboxylic acids is 2. The number of aliphatic imine (C=N–C) groups is 1.